The van der Waals surface area contributed by atoms with E-state index < -0.39 is 0 Å². The highest BCUT2D eigenvalue weighted by atomic mass is 32.2. The molecular weight excluding hydrogens is 466 g/mol. The molecule has 6 nitrogen and oxygen atoms in total. The van der Waals surface area contributed by atoms with E-state index in [9.17, 15) is 9.59 Å². The maximum absolute atomic E-state index is 12.6. The summed E-state index contributed by atoms with van der Waals surface area (Å²) in [7, 11) is 0. The molecule has 0 spiro atoms. The topological polar surface area (TPSA) is 80.3 Å². The molecule has 0 radical (unpaired) electrons. The van der Waals surface area contributed by atoms with Crippen LogP contribution in [-0.2, 0) is 4.79 Å². The highest BCUT2D eigenvalue weighted by Crippen LogP contribution is 2.34. The Hall–Kier alpha value is -3.36. The summed E-state index contributed by atoms with van der Waals surface area (Å²) in [4.78, 5) is 29.9. The zero-order chi connectivity index (χ0) is 24.1. The van der Waals surface area contributed by atoms with E-state index in [0.29, 0.717) is 17.9 Å². The fourth-order valence-electron chi connectivity index (χ4n) is 3.31. The average molecular weight is 492 g/mol. The van der Waals surface area contributed by atoms with E-state index in [0.717, 1.165) is 31.6 Å². The Morgan fingerprint density at radius 3 is 2.50 bits per heavy atom. The molecule has 8 heteroatoms. The van der Waals surface area contributed by atoms with Gasteiger partial charge in [-0.1, -0.05) is 30.0 Å². The number of aromatic nitrogens is 1. The number of ether oxygens (including phenoxy) is 1. The molecule has 0 fully saturated rings. The largest absolute Gasteiger partial charge is 0.494 e. The summed E-state index contributed by atoms with van der Waals surface area (Å²) in [5.74, 6) is 0.530. The third-order valence-electron chi connectivity index (χ3n) is 5.10. The number of carbonyl (C=O) groups is 2. The molecule has 0 saturated heterocycles. The highest BCUT2D eigenvalue weighted by Gasteiger charge is 2.18. The van der Waals surface area contributed by atoms with E-state index in [1.54, 1.807) is 0 Å². The van der Waals surface area contributed by atoms with E-state index in [2.05, 4.69) is 15.6 Å². The SMILES string of the molecule is CCOc1ccc(NC(=O)C(C)Sc2nc3ccc(NC(=O)c4ccccc4C)cc3s2)cc1. The minimum atomic E-state index is -0.327. The number of amides is 2. The number of hydrogen-bond donors (Lipinski definition) is 2. The van der Waals surface area contributed by atoms with Crippen LogP contribution >= 0.6 is 23.1 Å². The number of nitrogens with zero attached hydrogens (tertiary/aromatic N) is 1. The summed E-state index contributed by atoms with van der Waals surface area (Å²) in [6, 6.07) is 20.4. The van der Waals surface area contributed by atoms with Crippen molar-refractivity contribution in [1.82, 2.24) is 4.98 Å². The molecule has 0 bridgehead atoms. The van der Waals surface area contributed by atoms with Crippen LogP contribution in [0, 0.1) is 6.92 Å². The van der Waals surface area contributed by atoms with Crippen LogP contribution < -0.4 is 15.4 Å². The maximum Gasteiger partial charge on any atom is 0.255 e. The lowest BCUT2D eigenvalue weighted by atomic mass is 10.1. The first-order valence-corrected chi connectivity index (χ1v) is 12.6. The monoisotopic (exact) mass is 491 g/mol. The van der Waals surface area contributed by atoms with Gasteiger partial charge in [-0.25, -0.2) is 4.98 Å². The Balaban J connectivity index is 1.40. The van der Waals surface area contributed by atoms with Crippen LogP contribution in [0.15, 0.2) is 71.1 Å². The Morgan fingerprint density at radius 1 is 1.03 bits per heavy atom. The summed E-state index contributed by atoms with van der Waals surface area (Å²) in [6.07, 6.45) is 0. The first kappa shape index (κ1) is 23.8. The lowest BCUT2D eigenvalue weighted by molar-refractivity contribution is -0.115. The number of aryl methyl sites for hydroxylation is 1. The van der Waals surface area contributed by atoms with Crippen LogP contribution in [0.4, 0.5) is 11.4 Å². The molecule has 4 aromatic rings. The molecule has 1 aromatic heterocycles. The van der Waals surface area contributed by atoms with Crippen LogP contribution in [0.2, 0.25) is 0 Å². The fourth-order valence-corrected chi connectivity index (χ4v) is 5.56. The second-order valence-corrected chi connectivity index (χ2v) is 10.3. The Kier molecular flexibility index (Phi) is 7.49. The molecule has 0 saturated carbocycles. The first-order valence-electron chi connectivity index (χ1n) is 10.9. The van der Waals surface area contributed by atoms with Gasteiger partial charge in [0.2, 0.25) is 5.91 Å². The quantitative estimate of drug-likeness (QED) is 0.280. The zero-order valence-electron chi connectivity index (χ0n) is 19.1. The molecule has 0 aliphatic heterocycles. The molecule has 3 aromatic carbocycles. The molecule has 1 heterocycles. The van der Waals surface area contributed by atoms with E-state index in [4.69, 9.17) is 4.74 Å². The number of thiazole rings is 1. The molecular formula is C26H25N3O3S2. The van der Waals surface area contributed by atoms with Crippen LogP contribution in [0.1, 0.15) is 29.8 Å². The molecule has 174 valence electrons. The van der Waals surface area contributed by atoms with Crippen LogP contribution in [0.3, 0.4) is 0 Å². The van der Waals surface area contributed by atoms with Crippen molar-refractivity contribution in [3.63, 3.8) is 0 Å². The average Bonchev–Trinajstić information content (AvgIpc) is 3.22. The minimum Gasteiger partial charge on any atom is -0.494 e. The number of hydrogen-bond acceptors (Lipinski definition) is 6. The Morgan fingerprint density at radius 2 is 1.76 bits per heavy atom. The van der Waals surface area contributed by atoms with Crippen molar-refractivity contribution >= 4 is 56.5 Å². The smallest absolute Gasteiger partial charge is 0.255 e. The van der Waals surface area contributed by atoms with Crippen molar-refractivity contribution in [1.29, 1.82) is 0 Å². The summed E-state index contributed by atoms with van der Waals surface area (Å²) >= 11 is 2.91. The molecule has 0 aliphatic carbocycles. The number of fused-ring (bicyclic) bond motifs is 1. The van der Waals surface area contributed by atoms with Gasteiger partial charge >= 0.3 is 0 Å². The molecule has 2 amide bonds. The van der Waals surface area contributed by atoms with Gasteiger partial charge in [-0.15, -0.1) is 11.3 Å². The standard InChI is InChI=1S/C26H25N3O3S2/c1-4-32-20-12-9-18(10-13-20)27-24(30)17(3)33-26-29-22-14-11-19(15-23(22)34-26)28-25(31)21-8-6-5-7-16(21)2/h5-15,17H,4H2,1-3H3,(H,27,30)(H,28,31). The van der Waals surface area contributed by atoms with Gasteiger partial charge < -0.3 is 15.4 Å². The minimum absolute atomic E-state index is 0.0976. The summed E-state index contributed by atoms with van der Waals surface area (Å²) in [6.45, 7) is 6.30. The molecule has 4 rings (SSSR count). The lowest BCUT2D eigenvalue weighted by Crippen LogP contribution is -2.22. The lowest BCUT2D eigenvalue weighted by Gasteiger charge is -2.11. The summed E-state index contributed by atoms with van der Waals surface area (Å²) < 4.78 is 7.18. The van der Waals surface area contributed by atoms with Crippen molar-refractivity contribution < 1.29 is 14.3 Å². The normalized spacial score (nSPS) is 11.7. The molecule has 1 atom stereocenters. The van der Waals surface area contributed by atoms with E-state index in [-0.39, 0.29) is 17.1 Å². The van der Waals surface area contributed by atoms with Crippen molar-refractivity contribution in [2.24, 2.45) is 0 Å². The van der Waals surface area contributed by atoms with Gasteiger partial charge in [0, 0.05) is 16.9 Å². The second kappa shape index (κ2) is 10.7. The first-order chi connectivity index (χ1) is 16.4. The molecule has 0 aliphatic rings. The highest BCUT2D eigenvalue weighted by molar-refractivity contribution is 8.02. The summed E-state index contributed by atoms with van der Waals surface area (Å²) in [5.41, 5.74) is 3.84. The van der Waals surface area contributed by atoms with E-state index in [1.165, 1.54) is 23.1 Å². The third-order valence-corrected chi connectivity index (χ3v) is 7.31. The van der Waals surface area contributed by atoms with Gasteiger partial charge in [0.15, 0.2) is 4.34 Å². The van der Waals surface area contributed by atoms with Gasteiger partial charge in [-0.3, -0.25) is 9.59 Å². The second-order valence-electron chi connectivity index (χ2n) is 7.64. The van der Waals surface area contributed by atoms with Gasteiger partial charge in [0.1, 0.15) is 5.75 Å². The number of rotatable bonds is 8. The number of benzene rings is 3. The number of nitrogens with one attached hydrogen (secondary N) is 2. The third kappa shape index (κ3) is 5.76. The van der Waals surface area contributed by atoms with E-state index >= 15 is 0 Å². The van der Waals surface area contributed by atoms with Gasteiger partial charge in [-0.05, 0) is 74.9 Å². The van der Waals surface area contributed by atoms with Gasteiger partial charge in [0.05, 0.1) is 22.1 Å². The van der Waals surface area contributed by atoms with E-state index in [1.807, 2.05) is 87.5 Å². The number of thioether (sulfide) groups is 1. The fraction of sp³-hybridized carbons (Fsp3) is 0.192. The zero-order valence-corrected chi connectivity index (χ0v) is 20.8. The predicted molar refractivity (Wildman–Crippen MR) is 140 cm³/mol. The van der Waals surface area contributed by atoms with Crippen LogP contribution in [-0.4, -0.2) is 28.7 Å². The predicted octanol–water partition coefficient (Wildman–Crippen LogP) is 6.38. The molecule has 2 N–H and O–H groups in total. The van der Waals surface area contributed by atoms with Crippen molar-refractivity contribution in [2.45, 2.75) is 30.4 Å². The van der Waals surface area contributed by atoms with Gasteiger partial charge in [-0.2, -0.15) is 0 Å². The number of carbonyl (C=O) groups excluding carboxylic acids is 2. The Labute approximate surface area is 206 Å². The van der Waals surface area contributed by atoms with Crippen LogP contribution in [0.5, 0.6) is 5.75 Å². The van der Waals surface area contributed by atoms with Crippen LogP contribution in [0.25, 0.3) is 10.2 Å². The van der Waals surface area contributed by atoms with Crippen molar-refractivity contribution in [3.05, 3.63) is 77.9 Å². The van der Waals surface area contributed by atoms with Crippen molar-refractivity contribution in [3.8, 4) is 5.75 Å². The van der Waals surface area contributed by atoms with Crippen molar-refractivity contribution in [2.75, 3.05) is 17.2 Å². The van der Waals surface area contributed by atoms with Gasteiger partial charge in [0.25, 0.3) is 5.91 Å². The summed E-state index contributed by atoms with van der Waals surface area (Å²) in [5, 5.41) is 5.56. The molecule has 1 unspecified atom stereocenters. The maximum atomic E-state index is 12.6. The molecule has 34 heavy (non-hydrogen) atoms. The Bertz CT molecular complexity index is 1320. The number of anilines is 2.